The van der Waals surface area contributed by atoms with Crippen LogP contribution in [0.15, 0.2) is 18.3 Å². The lowest BCUT2D eigenvalue weighted by Crippen LogP contribution is -2.25. The van der Waals surface area contributed by atoms with Crippen molar-refractivity contribution >= 4 is 17.0 Å². The number of carbonyl (C=O) groups is 1. The van der Waals surface area contributed by atoms with Crippen LogP contribution in [0.1, 0.15) is 23.2 Å². The molecular weight excluding hydrogens is 258 g/mol. The van der Waals surface area contributed by atoms with Gasteiger partial charge in [-0.05, 0) is 32.0 Å². The van der Waals surface area contributed by atoms with E-state index < -0.39 is 5.97 Å². The van der Waals surface area contributed by atoms with Crippen LogP contribution in [0.25, 0.3) is 11.0 Å². The van der Waals surface area contributed by atoms with Crippen LogP contribution in [0.3, 0.4) is 0 Å². The van der Waals surface area contributed by atoms with Crippen LogP contribution in [0.5, 0.6) is 5.88 Å². The molecule has 2 aromatic heterocycles. The minimum Gasteiger partial charge on any atom is -0.478 e. The van der Waals surface area contributed by atoms with E-state index >= 15 is 0 Å². The van der Waals surface area contributed by atoms with Crippen LogP contribution in [0.2, 0.25) is 0 Å². The molecule has 0 bridgehead atoms. The number of likely N-dealkylation sites (tertiary alicyclic amines) is 1. The molecule has 2 N–H and O–H groups in total. The van der Waals surface area contributed by atoms with Crippen LogP contribution in [0.4, 0.5) is 0 Å². The number of aromatic carboxylic acids is 1. The molecule has 3 heterocycles. The van der Waals surface area contributed by atoms with Crippen molar-refractivity contribution < 1.29 is 14.6 Å². The Kier molecular flexibility index (Phi) is 3.56. The fourth-order valence-electron chi connectivity index (χ4n) is 2.51. The highest BCUT2D eigenvalue weighted by Crippen LogP contribution is 2.19. The van der Waals surface area contributed by atoms with Crippen molar-refractivity contribution in [1.29, 1.82) is 0 Å². The molecule has 3 rings (SSSR count). The Bertz CT molecular complexity index is 617. The van der Waals surface area contributed by atoms with Gasteiger partial charge >= 0.3 is 5.97 Å². The van der Waals surface area contributed by atoms with E-state index in [0.29, 0.717) is 23.5 Å². The summed E-state index contributed by atoms with van der Waals surface area (Å²) in [6, 6.07) is 3.55. The first-order valence-electron chi connectivity index (χ1n) is 6.80. The van der Waals surface area contributed by atoms with Crippen LogP contribution in [0, 0.1) is 0 Å². The Morgan fingerprint density at radius 2 is 2.20 bits per heavy atom. The van der Waals surface area contributed by atoms with Crippen molar-refractivity contribution in [2.75, 3.05) is 26.2 Å². The van der Waals surface area contributed by atoms with E-state index in [1.807, 2.05) is 0 Å². The number of rotatable bonds is 5. The lowest BCUT2D eigenvalue weighted by Gasteiger charge is -2.14. The van der Waals surface area contributed by atoms with Crippen LogP contribution < -0.4 is 4.74 Å². The third kappa shape index (κ3) is 2.60. The normalized spacial score (nSPS) is 15.8. The number of aromatic amines is 1. The van der Waals surface area contributed by atoms with E-state index in [-0.39, 0.29) is 5.56 Å². The maximum atomic E-state index is 11.1. The summed E-state index contributed by atoms with van der Waals surface area (Å²) in [5.74, 6) is -0.517. The van der Waals surface area contributed by atoms with Gasteiger partial charge in [-0.25, -0.2) is 9.78 Å². The number of H-pyrrole nitrogens is 1. The predicted octanol–water partition coefficient (Wildman–Crippen LogP) is 1.74. The smallest absolute Gasteiger partial charge is 0.339 e. The number of aromatic nitrogens is 2. The second-order valence-electron chi connectivity index (χ2n) is 4.95. The zero-order valence-electron chi connectivity index (χ0n) is 11.1. The number of carboxylic acid groups (broad SMARTS) is 1. The minimum absolute atomic E-state index is 0.171. The van der Waals surface area contributed by atoms with E-state index in [1.165, 1.54) is 19.0 Å². The molecule has 0 aromatic carbocycles. The van der Waals surface area contributed by atoms with Crippen molar-refractivity contribution in [3.05, 3.63) is 23.9 Å². The number of nitrogens with one attached hydrogen (secondary N) is 1. The van der Waals surface area contributed by atoms with Gasteiger partial charge in [-0.2, -0.15) is 0 Å². The van der Waals surface area contributed by atoms with Crippen molar-refractivity contribution in [3.8, 4) is 5.88 Å². The van der Waals surface area contributed by atoms with Gasteiger partial charge in [-0.3, -0.25) is 4.90 Å². The Morgan fingerprint density at radius 3 is 2.95 bits per heavy atom. The maximum absolute atomic E-state index is 11.1. The lowest BCUT2D eigenvalue weighted by atomic mass is 10.3. The van der Waals surface area contributed by atoms with Gasteiger partial charge in [0.1, 0.15) is 17.7 Å². The van der Waals surface area contributed by atoms with Crippen molar-refractivity contribution in [2.45, 2.75) is 12.8 Å². The first-order valence-corrected chi connectivity index (χ1v) is 6.80. The number of ether oxygens (including phenoxy) is 1. The average Bonchev–Trinajstić information content (AvgIpc) is 3.06. The summed E-state index contributed by atoms with van der Waals surface area (Å²) in [6.45, 7) is 3.73. The van der Waals surface area contributed by atoms with Gasteiger partial charge in [-0.15, -0.1) is 0 Å². The lowest BCUT2D eigenvalue weighted by molar-refractivity contribution is 0.0699. The topological polar surface area (TPSA) is 78.4 Å². The molecule has 1 aliphatic rings. The van der Waals surface area contributed by atoms with Gasteiger partial charge in [-0.1, -0.05) is 0 Å². The zero-order chi connectivity index (χ0) is 13.9. The molecule has 0 atom stereocenters. The van der Waals surface area contributed by atoms with E-state index in [0.717, 1.165) is 19.6 Å². The number of fused-ring (bicyclic) bond motifs is 1. The molecule has 1 fully saturated rings. The number of hydrogen-bond acceptors (Lipinski definition) is 4. The monoisotopic (exact) mass is 275 g/mol. The molecule has 0 amide bonds. The molecule has 1 saturated heterocycles. The molecule has 1 aliphatic heterocycles. The molecule has 0 saturated carbocycles. The van der Waals surface area contributed by atoms with Crippen LogP contribution in [-0.2, 0) is 0 Å². The van der Waals surface area contributed by atoms with Gasteiger partial charge in [0.25, 0.3) is 0 Å². The highest BCUT2D eigenvalue weighted by molar-refractivity contribution is 6.01. The number of nitrogens with zero attached hydrogens (tertiary/aromatic N) is 2. The Morgan fingerprint density at radius 1 is 1.40 bits per heavy atom. The first kappa shape index (κ1) is 12.9. The largest absolute Gasteiger partial charge is 0.478 e. The van der Waals surface area contributed by atoms with E-state index in [1.54, 1.807) is 12.1 Å². The molecule has 6 nitrogen and oxygen atoms in total. The van der Waals surface area contributed by atoms with Crippen LogP contribution in [-0.4, -0.2) is 52.2 Å². The standard InChI is InChI=1S/C14H17N3O3/c18-14(19)10-9-15-11-3-4-12(16-13(10)11)20-8-7-17-5-1-2-6-17/h3-4,9,15H,1-2,5-8H2,(H,18,19). The van der Waals surface area contributed by atoms with Gasteiger partial charge in [0.15, 0.2) is 0 Å². The molecule has 0 unspecified atom stereocenters. The van der Waals surface area contributed by atoms with Gasteiger partial charge in [0.05, 0.1) is 5.52 Å². The van der Waals surface area contributed by atoms with E-state index in [2.05, 4.69) is 14.9 Å². The Balaban J connectivity index is 1.68. The number of pyridine rings is 1. The molecule has 6 heteroatoms. The van der Waals surface area contributed by atoms with Crippen molar-refractivity contribution in [3.63, 3.8) is 0 Å². The van der Waals surface area contributed by atoms with Crippen LogP contribution >= 0.6 is 0 Å². The van der Waals surface area contributed by atoms with E-state index in [4.69, 9.17) is 9.84 Å². The first-order chi connectivity index (χ1) is 9.74. The molecular formula is C14H17N3O3. The summed E-state index contributed by atoms with van der Waals surface area (Å²) in [4.78, 5) is 20.6. The predicted molar refractivity (Wildman–Crippen MR) is 74.2 cm³/mol. The molecule has 106 valence electrons. The summed E-state index contributed by atoms with van der Waals surface area (Å²) in [7, 11) is 0. The van der Waals surface area contributed by atoms with E-state index in [9.17, 15) is 4.79 Å². The number of hydrogen-bond donors (Lipinski definition) is 2. The fraction of sp³-hybridized carbons (Fsp3) is 0.429. The Hall–Kier alpha value is -2.08. The highest BCUT2D eigenvalue weighted by Gasteiger charge is 2.13. The summed E-state index contributed by atoms with van der Waals surface area (Å²) < 4.78 is 5.62. The van der Waals surface area contributed by atoms with Crippen molar-refractivity contribution in [1.82, 2.24) is 14.9 Å². The molecule has 20 heavy (non-hydrogen) atoms. The third-order valence-electron chi connectivity index (χ3n) is 3.58. The fourth-order valence-corrected chi connectivity index (χ4v) is 2.51. The summed E-state index contributed by atoms with van der Waals surface area (Å²) in [5.41, 5.74) is 1.32. The van der Waals surface area contributed by atoms with Gasteiger partial charge < -0.3 is 14.8 Å². The highest BCUT2D eigenvalue weighted by atomic mass is 16.5. The molecule has 0 radical (unpaired) electrons. The number of carboxylic acids is 1. The third-order valence-corrected chi connectivity index (χ3v) is 3.58. The second-order valence-corrected chi connectivity index (χ2v) is 4.95. The minimum atomic E-state index is -0.988. The average molecular weight is 275 g/mol. The maximum Gasteiger partial charge on any atom is 0.339 e. The Labute approximate surface area is 116 Å². The summed E-state index contributed by atoms with van der Waals surface area (Å²) in [6.07, 6.45) is 3.97. The summed E-state index contributed by atoms with van der Waals surface area (Å²) >= 11 is 0. The molecule has 0 aliphatic carbocycles. The van der Waals surface area contributed by atoms with Crippen molar-refractivity contribution in [2.24, 2.45) is 0 Å². The van der Waals surface area contributed by atoms with Gasteiger partial charge in [0, 0.05) is 18.8 Å². The zero-order valence-corrected chi connectivity index (χ0v) is 11.1. The second kappa shape index (κ2) is 5.50. The summed E-state index contributed by atoms with van der Waals surface area (Å²) in [5, 5.41) is 9.07. The molecule has 2 aromatic rings. The SMILES string of the molecule is O=C(O)c1c[nH]c2ccc(OCCN3CCCC3)nc12. The quantitative estimate of drug-likeness (QED) is 0.869. The molecule has 0 spiro atoms. The van der Waals surface area contributed by atoms with Gasteiger partial charge in [0.2, 0.25) is 5.88 Å².